The molecule has 0 saturated carbocycles. The highest BCUT2D eigenvalue weighted by Crippen LogP contribution is 2.25. The molecule has 0 spiro atoms. The van der Waals surface area contributed by atoms with Crippen molar-refractivity contribution in [3.05, 3.63) is 76.3 Å². The zero-order valence-corrected chi connectivity index (χ0v) is 18.5. The van der Waals surface area contributed by atoms with Gasteiger partial charge >= 0.3 is 0 Å². The second kappa shape index (κ2) is 9.49. The summed E-state index contributed by atoms with van der Waals surface area (Å²) in [4.78, 5) is 13.1. The maximum absolute atomic E-state index is 13.6. The summed E-state index contributed by atoms with van der Waals surface area (Å²) >= 11 is 12.3. The highest BCUT2D eigenvalue weighted by atomic mass is 35.5. The van der Waals surface area contributed by atoms with Crippen LogP contribution >= 0.6 is 23.2 Å². The Morgan fingerprint density at radius 1 is 1.37 bits per heavy atom. The minimum atomic E-state index is -0.271. The highest BCUT2D eigenvalue weighted by Gasteiger charge is 2.27. The van der Waals surface area contributed by atoms with Crippen molar-refractivity contribution in [2.75, 3.05) is 24.5 Å². The molecule has 2 aromatic rings. The second-order valence-electron chi connectivity index (χ2n) is 7.21. The van der Waals surface area contributed by atoms with E-state index >= 15 is 0 Å². The molecule has 1 saturated heterocycles. The number of aromatic nitrogens is 1. The lowest BCUT2D eigenvalue weighted by molar-refractivity contribution is 0.298. The van der Waals surface area contributed by atoms with E-state index in [2.05, 4.69) is 33.3 Å². The summed E-state index contributed by atoms with van der Waals surface area (Å²) in [5, 5.41) is 0.781. The molecule has 2 heterocycles. The number of benzene rings is 1. The first-order valence-electron chi connectivity index (χ1n) is 9.55. The van der Waals surface area contributed by atoms with Crippen molar-refractivity contribution in [1.29, 1.82) is 0 Å². The normalized spacial score (nSPS) is 18.0. The molecule has 0 radical (unpaired) electrons. The Balaban J connectivity index is 1.85. The lowest BCUT2D eigenvalue weighted by atomic mass is 10.1. The molecule has 158 valence electrons. The van der Waals surface area contributed by atoms with Gasteiger partial charge in [-0.3, -0.25) is 0 Å². The van der Waals surface area contributed by atoms with E-state index in [0.717, 1.165) is 5.82 Å². The first-order valence-corrected chi connectivity index (χ1v) is 10.3. The summed E-state index contributed by atoms with van der Waals surface area (Å²) in [6, 6.07) is 8.49. The third-order valence-corrected chi connectivity index (χ3v) is 5.35. The number of hydrogen-bond donors (Lipinski definition) is 1. The van der Waals surface area contributed by atoms with Gasteiger partial charge < -0.3 is 15.5 Å². The maximum Gasteiger partial charge on any atom is 0.147 e. The summed E-state index contributed by atoms with van der Waals surface area (Å²) in [6.07, 6.45) is 3.48. The van der Waals surface area contributed by atoms with Gasteiger partial charge in [0.1, 0.15) is 22.6 Å². The molecule has 1 aromatic heterocycles. The summed E-state index contributed by atoms with van der Waals surface area (Å²) in [5.41, 5.74) is 8.01. The van der Waals surface area contributed by atoms with Crippen LogP contribution in [0, 0.1) is 12.7 Å². The first-order chi connectivity index (χ1) is 14.3. The average Bonchev–Trinajstić information content (AvgIpc) is 2.69. The molecule has 1 atom stereocenters. The number of hydrogen-bond acceptors (Lipinski definition) is 4. The second-order valence-corrected chi connectivity index (χ2v) is 8.05. The van der Waals surface area contributed by atoms with Crippen molar-refractivity contribution in [2.24, 2.45) is 10.7 Å². The molecular formula is C22H24Cl2FN5. The van der Waals surface area contributed by atoms with E-state index in [1.54, 1.807) is 31.3 Å². The number of anilines is 1. The van der Waals surface area contributed by atoms with E-state index in [4.69, 9.17) is 28.9 Å². The Hall–Kier alpha value is -2.57. The lowest BCUT2D eigenvalue weighted by Gasteiger charge is -2.41. The summed E-state index contributed by atoms with van der Waals surface area (Å²) in [5.74, 6) is 1.10. The quantitative estimate of drug-likeness (QED) is 0.415. The number of aliphatic imine (C=N–C) groups is 1. The Kier molecular flexibility index (Phi) is 7.00. The van der Waals surface area contributed by atoms with Crippen molar-refractivity contribution in [1.82, 2.24) is 9.88 Å². The topological polar surface area (TPSA) is 57.8 Å². The molecule has 30 heavy (non-hydrogen) atoms. The van der Waals surface area contributed by atoms with E-state index in [-0.39, 0.29) is 17.0 Å². The van der Waals surface area contributed by atoms with E-state index in [0.29, 0.717) is 47.3 Å². The smallest absolute Gasteiger partial charge is 0.147 e. The molecule has 0 amide bonds. The van der Waals surface area contributed by atoms with Gasteiger partial charge in [-0.05, 0) is 55.3 Å². The van der Waals surface area contributed by atoms with Crippen molar-refractivity contribution < 1.29 is 4.39 Å². The SMILES string of the molecule is C=C(Cl)N=C(/C=C(\N)c1ccc(F)c(C)c1)N1CCN(c2ncccc2Cl)C[C@@H]1C. The zero-order chi connectivity index (χ0) is 21.8. The van der Waals surface area contributed by atoms with Crippen LogP contribution in [0.15, 0.2) is 59.3 Å². The lowest BCUT2D eigenvalue weighted by Crippen LogP contribution is -2.54. The van der Waals surface area contributed by atoms with Crippen LogP contribution in [0.4, 0.5) is 10.2 Å². The highest BCUT2D eigenvalue weighted by molar-refractivity contribution is 6.33. The van der Waals surface area contributed by atoms with E-state index in [9.17, 15) is 4.39 Å². The van der Waals surface area contributed by atoms with Crippen LogP contribution < -0.4 is 10.6 Å². The van der Waals surface area contributed by atoms with Gasteiger partial charge in [0.25, 0.3) is 0 Å². The molecule has 2 N–H and O–H groups in total. The minimum absolute atomic E-state index is 0.0885. The largest absolute Gasteiger partial charge is 0.398 e. The van der Waals surface area contributed by atoms with E-state index in [1.165, 1.54) is 6.07 Å². The third kappa shape index (κ3) is 5.12. The standard InChI is InChI=1S/C22H24Cl2FN5/c1-14-11-17(6-7-19(14)25)20(26)12-21(28-16(3)23)30-10-9-29(13-15(30)2)22-18(24)5-4-8-27-22/h4-8,11-12,15H,3,9-10,13,26H2,1-2H3/b20-12-,28-21?/t15-/m0/s1. The maximum atomic E-state index is 13.6. The van der Waals surface area contributed by atoms with Crippen LogP contribution in [0.1, 0.15) is 18.1 Å². The Labute approximate surface area is 186 Å². The molecule has 0 unspecified atom stereocenters. The molecule has 8 heteroatoms. The summed E-state index contributed by atoms with van der Waals surface area (Å²) in [7, 11) is 0. The van der Waals surface area contributed by atoms with Gasteiger partial charge in [-0.2, -0.15) is 0 Å². The Bertz CT molecular complexity index is 1000. The van der Waals surface area contributed by atoms with Gasteiger partial charge in [0.15, 0.2) is 0 Å². The number of aryl methyl sites for hydroxylation is 1. The van der Waals surface area contributed by atoms with E-state index < -0.39 is 0 Å². The molecule has 5 nitrogen and oxygen atoms in total. The van der Waals surface area contributed by atoms with Crippen LogP contribution in [0.2, 0.25) is 5.02 Å². The third-order valence-electron chi connectivity index (χ3n) is 4.97. The van der Waals surface area contributed by atoms with Crippen molar-refractivity contribution in [3.63, 3.8) is 0 Å². The number of halogens is 3. The number of nitrogens with two attached hydrogens (primary N) is 1. The Morgan fingerprint density at radius 2 is 2.13 bits per heavy atom. The van der Waals surface area contributed by atoms with Gasteiger partial charge in [-0.25, -0.2) is 14.4 Å². The monoisotopic (exact) mass is 447 g/mol. The number of pyridine rings is 1. The molecule has 0 aliphatic carbocycles. The number of rotatable bonds is 4. The van der Waals surface area contributed by atoms with E-state index in [1.807, 2.05) is 12.1 Å². The molecule has 1 aliphatic heterocycles. The number of nitrogens with zero attached hydrogens (tertiary/aromatic N) is 4. The van der Waals surface area contributed by atoms with Crippen molar-refractivity contribution in [2.45, 2.75) is 19.9 Å². The average molecular weight is 448 g/mol. The van der Waals surface area contributed by atoms with Crippen LogP contribution in [-0.4, -0.2) is 41.4 Å². The molecule has 1 fully saturated rings. The van der Waals surface area contributed by atoms with Gasteiger partial charge in [-0.1, -0.05) is 29.8 Å². The summed E-state index contributed by atoms with van der Waals surface area (Å²) < 4.78 is 13.6. The molecule has 1 aliphatic rings. The Morgan fingerprint density at radius 3 is 2.77 bits per heavy atom. The zero-order valence-electron chi connectivity index (χ0n) is 16.9. The minimum Gasteiger partial charge on any atom is -0.398 e. The van der Waals surface area contributed by atoms with Gasteiger partial charge in [0, 0.05) is 43.6 Å². The van der Waals surface area contributed by atoms with Crippen molar-refractivity contribution >= 4 is 40.6 Å². The fourth-order valence-corrected chi connectivity index (χ4v) is 3.78. The summed E-state index contributed by atoms with van der Waals surface area (Å²) in [6.45, 7) is 9.55. The fraction of sp³-hybridized carbons (Fsp3) is 0.273. The van der Waals surface area contributed by atoms with Gasteiger partial charge in [0.05, 0.1) is 5.02 Å². The van der Waals surface area contributed by atoms with Gasteiger partial charge in [0.2, 0.25) is 0 Å². The number of piperazine rings is 1. The fourth-order valence-electron chi connectivity index (χ4n) is 3.45. The van der Waals surface area contributed by atoms with Crippen LogP contribution in [-0.2, 0) is 0 Å². The predicted molar refractivity (Wildman–Crippen MR) is 123 cm³/mol. The number of amidine groups is 1. The van der Waals surface area contributed by atoms with Gasteiger partial charge in [-0.15, -0.1) is 0 Å². The predicted octanol–water partition coefficient (Wildman–Crippen LogP) is 4.80. The van der Waals surface area contributed by atoms with Crippen molar-refractivity contribution in [3.8, 4) is 0 Å². The first kappa shape index (κ1) is 22.1. The molecule has 0 bridgehead atoms. The molecule has 3 rings (SSSR count). The molecular weight excluding hydrogens is 424 g/mol. The van der Waals surface area contributed by atoms with Crippen LogP contribution in [0.25, 0.3) is 5.70 Å². The van der Waals surface area contributed by atoms with Crippen LogP contribution in [0.5, 0.6) is 0 Å². The van der Waals surface area contributed by atoms with Crippen LogP contribution in [0.3, 0.4) is 0 Å². The molecule has 1 aromatic carbocycles.